The van der Waals surface area contributed by atoms with E-state index >= 15 is 0 Å². The number of rotatable bonds is 3. The molecule has 1 rings (SSSR count). The zero-order valence-electron chi connectivity index (χ0n) is 8.56. The largest absolute Gasteiger partial charge is 0.508 e. The van der Waals surface area contributed by atoms with Crippen LogP contribution < -0.4 is 0 Å². The highest BCUT2D eigenvalue weighted by molar-refractivity contribution is 5.81. The van der Waals surface area contributed by atoms with Crippen LogP contribution in [-0.4, -0.2) is 24.5 Å². The monoisotopic (exact) mass is 208 g/mol. The summed E-state index contributed by atoms with van der Waals surface area (Å²) < 4.78 is 4.56. The topological polar surface area (TPSA) is 63.6 Å². The highest BCUT2D eigenvalue weighted by Gasteiger charge is 2.19. The van der Waals surface area contributed by atoms with E-state index in [0.29, 0.717) is 17.4 Å². The molecule has 1 aromatic rings. The number of phenols is 1. The summed E-state index contributed by atoms with van der Waals surface area (Å²) in [5.74, 6) is -1.05. The van der Waals surface area contributed by atoms with Crippen LogP contribution in [0.25, 0.3) is 0 Å². The first-order chi connectivity index (χ1) is 7.10. The molecule has 0 heterocycles. The van der Waals surface area contributed by atoms with E-state index in [4.69, 9.17) is 0 Å². The molecule has 0 amide bonds. The summed E-state index contributed by atoms with van der Waals surface area (Å²) in [4.78, 5) is 21.8. The van der Waals surface area contributed by atoms with Crippen molar-refractivity contribution in [1.29, 1.82) is 0 Å². The Bertz CT molecular complexity index is 384. The fourth-order valence-corrected chi connectivity index (χ4v) is 1.30. The summed E-state index contributed by atoms with van der Waals surface area (Å²) >= 11 is 0. The molecule has 80 valence electrons. The van der Waals surface area contributed by atoms with Crippen LogP contribution in [0.5, 0.6) is 5.75 Å². The van der Waals surface area contributed by atoms with E-state index in [0.717, 1.165) is 0 Å². The van der Waals surface area contributed by atoms with Crippen LogP contribution in [0.15, 0.2) is 18.2 Å². The van der Waals surface area contributed by atoms with Crippen molar-refractivity contribution in [3.8, 4) is 5.75 Å². The van der Waals surface area contributed by atoms with E-state index in [9.17, 15) is 14.7 Å². The van der Waals surface area contributed by atoms with Gasteiger partial charge in [-0.2, -0.15) is 0 Å². The predicted octanol–water partition coefficient (Wildman–Crippen LogP) is 1.48. The Kier molecular flexibility index (Phi) is 3.44. The Hall–Kier alpha value is -1.84. The van der Waals surface area contributed by atoms with Gasteiger partial charge in [-0.3, -0.25) is 9.59 Å². The lowest BCUT2D eigenvalue weighted by atomic mass is 9.98. The molecule has 0 radical (unpaired) electrons. The summed E-state index contributed by atoms with van der Waals surface area (Å²) in [6, 6.07) is 4.35. The van der Waals surface area contributed by atoms with Crippen molar-refractivity contribution in [3.63, 3.8) is 0 Å². The third-order valence-corrected chi connectivity index (χ3v) is 2.21. The van der Waals surface area contributed by atoms with Gasteiger partial charge in [-0.25, -0.2) is 0 Å². The minimum atomic E-state index is -0.588. The van der Waals surface area contributed by atoms with E-state index in [-0.39, 0.29) is 5.75 Å². The van der Waals surface area contributed by atoms with Crippen molar-refractivity contribution in [3.05, 3.63) is 29.3 Å². The highest BCUT2D eigenvalue weighted by Crippen LogP contribution is 2.27. The van der Waals surface area contributed by atoms with Gasteiger partial charge in [0, 0.05) is 11.1 Å². The summed E-state index contributed by atoms with van der Waals surface area (Å²) in [5.41, 5.74) is 0.810. The number of hydrogen-bond acceptors (Lipinski definition) is 4. The van der Waals surface area contributed by atoms with Crippen LogP contribution in [0.3, 0.4) is 0 Å². The van der Waals surface area contributed by atoms with Crippen molar-refractivity contribution in [2.75, 3.05) is 7.11 Å². The van der Waals surface area contributed by atoms with Crippen LogP contribution in [0.4, 0.5) is 0 Å². The normalized spacial score (nSPS) is 11.9. The van der Waals surface area contributed by atoms with Crippen molar-refractivity contribution in [2.24, 2.45) is 0 Å². The smallest absolute Gasteiger partial charge is 0.312 e. The van der Waals surface area contributed by atoms with Gasteiger partial charge in [0.1, 0.15) is 12.0 Å². The summed E-state index contributed by atoms with van der Waals surface area (Å²) in [7, 11) is 1.28. The van der Waals surface area contributed by atoms with E-state index in [1.165, 1.54) is 25.3 Å². The average molecular weight is 208 g/mol. The molecule has 1 aromatic carbocycles. The summed E-state index contributed by atoms with van der Waals surface area (Å²) in [6.07, 6.45) is 0.660. The van der Waals surface area contributed by atoms with Gasteiger partial charge >= 0.3 is 5.97 Å². The maximum atomic E-state index is 11.2. The molecule has 0 aliphatic rings. The SMILES string of the molecule is COC(=O)C(C)c1cc(C=O)ccc1O. The van der Waals surface area contributed by atoms with Gasteiger partial charge < -0.3 is 9.84 Å². The molecule has 0 aliphatic carbocycles. The molecule has 0 spiro atoms. The number of aromatic hydroxyl groups is 1. The summed E-state index contributed by atoms with van der Waals surface area (Å²) in [6.45, 7) is 1.61. The number of carbonyl (C=O) groups excluding carboxylic acids is 2. The fraction of sp³-hybridized carbons (Fsp3) is 0.273. The Labute approximate surface area is 87.5 Å². The quantitative estimate of drug-likeness (QED) is 0.603. The molecule has 1 atom stereocenters. The molecule has 0 saturated heterocycles. The van der Waals surface area contributed by atoms with Gasteiger partial charge in [0.25, 0.3) is 0 Å². The second-order valence-electron chi connectivity index (χ2n) is 3.18. The third-order valence-electron chi connectivity index (χ3n) is 2.21. The molecule has 0 aromatic heterocycles. The van der Waals surface area contributed by atoms with Crippen molar-refractivity contribution in [1.82, 2.24) is 0 Å². The lowest BCUT2D eigenvalue weighted by Gasteiger charge is -2.11. The van der Waals surface area contributed by atoms with Crippen LogP contribution in [0.1, 0.15) is 28.8 Å². The number of methoxy groups -OCH3 is 1. The van der Waals surface area contributed by atoms with E-state index in [1.807, 2.05) is 0 Å². The maximum absolute atomic E-state index is 11.2. The standard InChI is InChI=1S/C11H12O4/c1-7(11(14)15-2)9-5-8(6-12)3-4-10(9)13/h3-7,13H,1-2H3. The molecule has 4 nitrogen and oxygen atoms in total. The van der Waals surface area contributed by atoms with Crippen LogP contribution in [-0.2, 0) is 9.53 Å². The first-order valence-electron chi connectivity index (χ1n) is 4.46. The van der Waals surface area contributed by atoms with Gasteiger partial charge in [-0.1, -0.05) is 0 Å². The Morgan fingerprint density at radius 2 is 2.20 bits per heavy atom. The number of hydrogen-bond donors (Lipinski definition) is 1. The van der Waals surface area contributed by atoms with Gasteiger partial charge in [-0.15, -0.1) is 0 Å². The van der Waals surface area contributed by atoms with Crippen LogP contribution in [0.2, 0.25) is 0 Å². The summed E-state index contributed by atoms with van der Waals surface area (Å²) in [5, 5.41) is 9.52. The second-order valence-corrected chi connectivity index (χ2v) is 3.18. The molecular weight excluding hydrogens is 196 g/mol. The minimum Gasteiger partial charge on any atom is -0.508 e. The number of benzene rings is 1. The van der Waals surface area contributed by atoms with Crippen molar-refractivity contribution in [2.45, 2.75) is 12.8 Å². The van der Waals surface area contributed by atoms with Gasteiger partial charge in [0.15, 0.2) is 0 Å². The second kappa shape index (κ2) is 4.59. The number of carbonyl (C=O) groups is 2. The van der Waals surface area contributed by atoms with E-state index in [2.05, 4.69) is 4.74 Å². The van der Waals surface area contributed by atoms with Crippen molar-refractivity contribution >= 4 is 12.3 Å². The zero-order chi connectivity index (χ0) is 11.4. The molecule has 0 fully saturated rings. The van der Waals surface area contributed by atoms with Crippen LogP contribution >= 0.6 is 0 Å². The number of esters is 1. The van der Waals surface area contributed by atoms with E-state index in [1.54, 1.807) is 6.92 Å². The molecule has 1 N–H and O–H groups in total. The lowest BCUT2D eigenvalue weighted by molar-refractivity contribution is -0.142. The Balaban J connectivity index is 3.11. The molecule has 1 unspecified atom stereocenters. The Morgan fingerprint density at radius 3 is 2.73 bits per heavy atom. The average Bonchev–Trinajstić information content (AvgIpc) is 2.27. The number of ether oxygens (including phenoxy) is 1. The molecule has 15 heavy (non-hydrogen) atoms. The highest BCUT2D eigenvalue weighted by atomic mass is 16.5. The van der Waals surface area contributed by atoms with Gasteiger partial charge in [0.05, 0.1) is 13.0 Å². The van der Waals surface area contributed by atoms with E-state index < -0.39 is 11.9 Å². The first-order valence-corrected chi connectivity index (χ1v) is 4.46. The molecule has 0 bridgehead atoms. The zero-order valence-corrected chi connectivity index (χ0v) is 8.56. The molecule has 0 saturated carbocycles. The predicted molar refractivity (Wildman–Crippen MR) is 53.9 cm³/mol. The molecule has 4 heteroatoms. The van der Waals surface area contributed by atoms with Crippen LogP contribution in [0, 0.1) is 0 Å². The Morgan fingerprint density at radius 1 is 1.53 bits per heavy atom. The fourth-order valence-electron chi connectivity index (χ4n) is 1.30. The number of aldehydes is 1. The van der Waals surface area contributed by atoms with Gasteiger partial charge in [0.2, 0.25) is 0 Å². The van der Waals surface area contributed by atoms with Gasteiger partial charge in [-0.05, 0) is 25.1 Å². The lowest BCUT2D eigenvalue weighted by Crippen LogP contribution is -2.11. The third kappa shape index (κ3) is 2.34. The van der Waals surface area contributed by atoms with Crippen molar-refractivity contribution < 1.29 is 19.4 Å². The maximum Gasteiger partial charge on any atom is 0.312 e. The first kappa shape index (κ1) is 11.2. The number of phenolic OH excluding ortho intramolecular Hbond substituents is 1. The molecular formula is C11H12O4. The molecule has 0 aliphatic heterocycles. The minimum absolute atomic E-state index is 0.0153.